The molecule has 0 bridgehead atoms. The van der Waals surface area contributed by atoms with Crippen LogP contribution >= 0.6 is 0 Å². The molecule has 3 aromatic rings. The Kier molecular flexibility index (Phi) is 4.39. The quantitative estimate of drug-likeness (QED) is 0.555. The van der Waals surface area contributed by atoms with Crippen LogP contribution in [-0.2, 0) is 18.1 Å². The summed E-state index contributed by atoms with van der Waals surface area (Å²) in [4.78, 5) is 9.90. The maximum atomic E-state index is 14.0. The fourth-order valence-electron chi connectivity index (χ4n) is 5.55. The van der Waals surface area contributed by atoms with Crippen LogP contribution in [-0.4, -0.2) is 53.9 Å². The molecule has 6 rings (SSSR count). The lowest BCUT2D eigenvalue weighted by Gasteiger charge is -2.28. The molecule has 34 heavy (non-hydrogen) atoms. The molecule has 0 unspecified atom stereocenters. The largest absolute Gasteiger partial charge is 0.419 e. The van der Waals surface area contributed by atoms with Gasteiger partial charge in [-0.3, -0.25) is 14.7 Å². The number of H-pyrrole nitrogens is 1. The molecule has 3 aromatic heterocycles. The Hall–Kier alpha value is -3.09. The summed E-state index contributed by atoms with van der Waals surface area (Å²) >= 11 is 0. The highest BCUT2D eigenvalue weighted by atomic mass is 19.4. The molecule has 13 heteroatoms. The van der Waals surface area contributed by atoms with E-state index in [4.69, 9.17) is 5.73 Å². The smallest absolute Gasteiger partial charge is 0.383 e. The Morgan fingerprint density at radius 3 is 2.59 bits per heavy atom. The zero-order chi connectivity index (χ0) is 23.9. The van der Waals surface area contributed by atoms with E-state index in [1.165, 1.54) is 12.5 Å². The second kappa shape index (κ2) is 6.96. The first-order valence-electron chi connectivity index (χ1n) is 11.0. The third kappa shape index (κ3) is 3.28. The van der Waals surface area contributed by atoms with Crippen LogP contribution in [0.5, 0.6) is 0 Å². The van der Waals surface area contributed by atoms with E-state index >= 15 is 0 Å². The predicted octanol–water partition coefficient (Wildman–Crippen LogP) is 3.41. The van der Waals surface area contributed by atoms with Gasteiger partial charge in [-0.1, -0.05) is 0 Å². The van der Waals surface area contributed by atoms with Crippen LogP contribution in [0.1, 0.15) is 42.4 Å². The molecule has 3 atom stereocenters. The minimum atomic E-state index is -4.62. The Morgan fingerprint density at radius 1 is 1.15 bits per heavy atom. The molecular formula is C21H21F5N8. The summed E-state index contributed by atoms with van der Waals surface area (Å²) < 4.78 is 69.7. The number of nitrogen functional groups attached to an aromatic ring is 1. The normalized spacial score (nSPS) is 26.8. The van der Waals surface area contributed by atoms with Crippen LogP contribution < -0.4 is 5.73 Å². The highest BCUT2D eigenvalue weighted by Gasteiger charge is 2.63. The van der Waals surface area contributed by atoms with E-state index in [0.717, 1.165) is 24.6 Å². The van der Waals surface area contributed by atoms with Crippen molar-refractivity contribution in [2.24, 2.45) is 5.92 Å². The maximum absolute atomic E-state index is 14.0. The van der Waals surface area contributed by atoms with Gasteiger partial charge >= 0.3 is 6.18 Å². The number of fused-ring (bicyclic) bond motifs is 2. The summed E-state index contributed by atoms with van der Waals surface area (Å²) in [6, 6.07) is 2.19. The monoisotopic (exact) mass is 480 g/mol. The minimum absolute atomic E-state index is 0.185. The lowest BCUT2D eigenvalue weighted by atomic mass is 9.82. The van der Waals surface area contributed by atoms with Crippen LogP contribution in [0, 0.1) is 5.92 Å². The summed E-state index contributed by atoms with van der Waals surface area (Å²) in [5.74, 6) is -3.70. The topological polar surface area (TPSA) is 102 Å². The first-order valence-corrected chi connectivity index (χ1v) is 11.0. The number of anilines is 1. The molecule has 3 N–H and O–H groups in total. The first-order chi connectivity index (χ1) is 16.1. The molecule has 0 amide bonds. The van der Waals surface area contributed by atoms with Gasteiger partial charge in [-0.15, -0.1) is 0 Å². The average Bonchev–Trinajstić information content (AvgIpc) is 3.35. The number of aromatic amines is 1. The van der Waals surface area contributed by atoms with Crippen molar-refractivity contribution in [3.63, 3.8) is 0 Å². The van der Waals surface area contributed by atoms with E-state index in [-0.39, 0.29) is 17.4 Å². The van der Waals surface area contributed by atoms with Crippen molar-refractivity contribution in [1.82, 2.24) is 34.8 Å². The molecule has 2 aliphatic heterocycles. The third-order valence-corrected chi connectivity index (χ3v) is 7.39. The predicted molar refractivity (Wildman–Crippen MR) is 110 cm³/mol. The van der Waals surface area contributed by atoms with E-state index in [9.17, 15) is 22.0 Å². The van der Waals surface area contributed by atoms with Crippen molar-refractivity contribution in [2.45, 2.75) is 49.4 Å². The molecule has 0 radical (unpaired) electrons. The number of nitrogens with one attached hydrogen (secondary N) is 1. The summed E-state index contributed by atoms with van der Waals surface area (Å²) in [6.07, 6.45) is -0.690. The average molecular weight is 480 g/mol. The van der Waals surface area contributed by atoms with Gasteiger partial charge < -0.3 is 5.73 Å². The molecule has 1 spiro atoms. The van der Waals surface area contributed by atoms with Crippen molar-refractivity contribution in [2.75, 3.05) is 18.8 Å². The number of rotatable bonds is 4. The summed E-state index contributed by atoms with van der Waals surface area (Å²) in [5.41, 5.74) is 5.61. The standard InChI is InChI=1S/C21H21F5N8/c22-20(23)7-13(20)16(18-29-10-30-31-18)33-3-1-19(9-33)2-4-34-15(19)6-14(32-34)11-5-12(21(24,25)26)17(27)28-8-11/h5-6,8,10,13,16H,1-4,7,9H2,(H2,27,28)(H,29,30,31)/t13-,16-,19+/m0/s1. The molecule has 5 heterocycles. The van der Waals surface area contributed by atoms with E-state index < -0.39 is 35.4 Å². The first kappa shape index (κ1) is 21.4. The van der Waals surface area contributed by atoms with Gasteiger partial charge in [-0.25, -0.2) is 18.7 Å². The van der Waals surface area contributed by atoms with E-state index in [2.05, 4.69) is 25.3 Å². The highest BCUT2D eigenvalue weighted by Crippen LogP contribution is 2.58. The van der Waals surface area contributed by atoms with Crippen LogP contribution in [0.3, 0.4) is 0 Å². The lowest BCUT2D eigenvalue weighted by molar-refractivity contribution is -0.137. The molecule has 2 fully saturated rings. The van der Waals surface area contributed by atoms with Gasteiger partial charge in [-0.05, 0) is 31.5 Å². The van der Waals surface area contributed by atoms with Crippen molar-refractivity contribution >= 4 is 5.82 Å². The number of aromatic nitrogens is 6. The van der Waals surface area contributed by atoms with Crippen molar-refractivity contribution in [1.29, 1.82) is 0 Å². The zero-order valence-corrected chi connectivity index (χ0v) is 17.9. The molecule has 180 valence electrons. The maximum Gasteiger partial charge on any atom is 0.419 e. The number of alkyl halides is 5. The number of pyridine rings is 1. The molecule has 8 nitrogen and oxygen atoms in total. The molecule has 1 saturated heterocycles. The number of hydrogen-bond donors (Lipinski definition) is 2. The Bertz CT molecular complexity index is 1240. The second-order valence-corrected chi connectivity index (χ2v) is 9.43. The lowest BCUT2D eigenvalue weighted by Crippen LogP contribution is -2.34. The van der Waals surface area contributed by atoms with Crippen molar-refractivity contribution in [3.05, 3.63) is 41.7 Å². The second-order valence-electron chi connectivity index (χ2n) is 9.43. The SMILES string of the molecule is Nc1ncc(-c2cc3n(n2)CC[C@@]32CCN([C@H](c3ncn[nH]3)[C@@H]3CC3(F)F)C2)cc1C(F)(F)F. The molecule has 0 aromatic carbocycles. The van der Waals surface area contributed by atoms with Gasteiger partial charge in [0.05, 0.1) is 23.2 Å². The van der Waals surface area contributed by atoms with Gasteiger partial charge in [-0.2, -0.15) is 23.4 Å². The van der Waals surface area contributed by atoms with Gasteiger partial charge in [0.25, 0.3) is 5.92 Å². The number of halogens is 5. The van der Waals surface area contributed by atoms with Crippen molar-refractivity contribution < 1.29 is 22.0 Å². The molecule has 3 aliphatic rings. The Balaban J connectivity index is 1.30. The van der Waals surface area contributed by atoms with Crippen LogP contribution in [0.25, 0.3) is 11.3 Å². The minimum Gasteiger partial charge on any atom is -0.383 e. The van der Waals surface area contributed by atoms with Crippen molar-refractivity contribution in [3.8, 4) is 11.3 Å². The number of aryl methyl sites for hydroxylation is 1. The molecular weight excluding hydrogens is 459 g/mol. The zero-order valence-electron chi connectivity index (χ0n) is 17.9. The number of hydrogen-bond acceptors (Lipinski definition) is 6. The Labute approximate surface area is 190 Å². The van der Waals surface area contributed by atoms with E-state index in [1.807, 2.05) is 4.90 Å². The summed E-state index contributed by atoms with van der Waals surface area (Å²) in [6.45, 7) is 1.73. The number of likely N-dealkylation sites (tertiary alicyclic amines) is 1. The number of nitrogens with two attached hydrogens (primary N) is 1. The third-order valence-electron chi connectivity index (χ3n) is 7.39. The fourth-order valence-corrected chi connectivity index (χ4v) is 5.55. The van der Waals surface area contributed by atoms with Crippen LogP contribution in [0.2, 0.25) is 0 Å². The highest BCUT2D eigenvalue weighted by molar-refractivity contribution is 5.63. The molecule has 1 saturated carbocycles. The fraction of sp³-hybridized carbons (Fsp3) is 0.524. The summed E-state index contributed by atoms with van der Waals surface area (Å²) in [5, 5.41) is 11.1. The van der Waals surface area contributed by atoms with Gasteiger partial charge in [0.1, 0.15) is 18.0 Å². The molecule has 1 aliphatic carbocycles. The van der Waals surface area contributed by atoms with E-state index in [0.29, 0.717) is 31.2 Å². The Morgan fingerprint density at radius 2 is 1.91 bits per heavy atom. The number of nitrogens with zero attached hydrogens (tertiary/aromatic N) is 6. The summed E-state index contributed by atoms with van der Waals surface area (Å²) in [7, 11) is 0. The van der Waals surface area contributed by atoms with Crippen LogP contribution in [0.15, 0.2) is 24.7 Å². The van der Waals surface area contributed by atoms with Gasteiger partial charge in [0.2, 0.25) is 0 Å². The van der Waals surface area contributed by atoms with E-state index in [1.54, 1.807) is 10.7 Å². The van der Waals surface area contributed by atoms with Gasteiger partial charge in [0.15, 0.2) is 0 Å². The van der Waals surface area contributed by atoms with Crippen LogP contribution in [0.4, 0.5) is 27.8 Å². The van der Waals surface area contributed by atoms with Gasteiger partial charge in [0, 0.05) is 42.4 Å².